The van der Waals surface area contributed by atoms with Gasteiger partial charge in [0.25, 0.3) is 0 Å². The first-order valence-electron chi connectivity index (χ1n) is 11.4. The molecule has 6 heteroatoms. The van der Waals surface area contributed by atoms with Gasteiger partial charge in [-0.2, -0.15) is 0 Å². The SMILES string of the molecule is COc1ccc([C@H]2CN(Cc3cccn3C)C[C@@H]2CN(Cc2ccc(F)cc2)C(C)=O)cc1. The van der Waals surface area contributed by atoms with Crippen LogP contribution >= 0.6 is 0 Å². The second kappa shape index (κ2) is 10.2. The van der Waals surface area contributed by atoms with Crippen LogP contribution in [-0.2, 0) is 24.9 Å². The average Bonchev–Trinajstić information content (AvgIpc) is 3.40. The Hall–Kier alpha value is -3.12. The van der Waals surface area contributed by atoms with Crippen LogP contribution in [0, 0.1) is 11.7 Å². The smallest absolute Gasteiger partial charge is 0.219 e. The molecule has 0 N–H and O–H groups in total. The van der Waals surface area contributed by atoms with Crippen molar-refractivity contribution in [3.63, 3.8) is 0 Å². The van der Waals surface area contributed by atoms with E-state index < -0.39 is 0 Å². The van der Waals surface area contributed by atoms with E-state index in [9.17, 15) is 9.18 Å². The van der Waals surface area contributed by atoms with Crippen LogP contribution in [0.4, 0.5) is 4.39 Å². The Morgan fingerprint density at radius 1 is 1.09 bits per heavy atom. The summed E-state index contributed by atoms with van der Waals surface area (Å²) < 4.78 is 20.8. The molecular weight excluding hydrogens is 417 g/mol. The molecule has 0 spiro atoms. The molecule has 0 radical (unpaired) electrons. The van der Waals surface area contributed by atoms with Crippen LogP contribution < -0.4 is 4.74 Å². The molecule has 33 heavy (non-hydrogen) atoms. The Bertz CT molecular complexity index is 1060. The highest BCUT2D eigenvalue weighted by atomic mass is 19.1. The lowest BCUT2D eigenvalue weighted by Crippen LogP contribution is -2.35. The lowest BCUT2D eigenvalue weighted by atomic mass is 9.88. The van der Waals surface area contributed by atoms with E-state index in [0.29, 0.717) is 24.9 Å². The van der Waals surface area contributed by atoms with Crippen molar-refractivity contribution in [3.8, 4) is 5.75 Å². The molecule has 3 aromatic rings. The topological polar surface area (TPSA) is 37.7 Å². The number of likely N-dealkylation sites (tertiary alicyclic amines) is 1. The first-order valence-corrected chi connectivity index (χ1v) is 11.4. The number of rotatable bonds is 8. The van der Waals surface area contributed by atoms with Crippen LogP contribution in [0.2, 0.25) is 0 Å². The minimum Gasteiger partial charge on any atom is -0.497 e. The maximum atomic E-state index is 13.3. The van der Waals surface area contributed by atoms with Gasteiger partial charge in [0, 0.05) is 64.5 Å². The molecule has 0 saturated carbocycles. The van der Waals surface area contributed by atoms with E-state index in [2.05, 4.69) is 47.0 Å². The van der Waals surface area contributed by atoms with Crippen molar-refractivity contribution in [2.24, 2.45) is 13.0 Å². The molecule has 2 aromatic carbocycles. The number of benzene rings is 2. The van der Waals surface area contributed by atoms with Gasteiger partial charge in [0.05, 0.1) is 7.11 Å². The number of hydrogen-bond donors (Lipinski definition) is 0. The zero-order chi connectivity index (χ0) is 23.4. The fourth-order valence-corrected chi connectivity index (χ4v) is 4.79. The highest BCUT2D eigenvalue weighted by molar-refractivity contribution is 5.73. The van der Waals surface area contributed by atoms with Gasteiger partial charge in [-0.25, -0.2) is 4.39 Å². The maximum absolute atomic E-state index is 13.3. The number of halogens is 1. The molecule has 1 fully saturated rings. The van der Waals surface area contributed by atoms with Gasteiger partial charge in [0.15, 0.2) is 0 Å². The summed E-state index contributed by atoms with van der Waals surface area (Å²) in [6.45, 7) is 5.49. The summed E-state index contributed by atoms with van der Waals surface area (Å²) in [4.78, 5) is 16.9. The van der Waals surface area contributed by atoms with E-state index in [-0.39, 0.29) is 11.7 Å². The Balaban J connectivity index is 1.54. The summed E-state index contributed by atoms with van der Waals surface area (Å²) in [6.07, 6.45) is 2.07. The Labute approximate surface area is 195 Å². The third-order valence-corrected chi connectivity index (χ3v) is 6.68. The van der Waals surface area contributed by atoms with Crippen LogP contribution in [0.25, 0.3) is 0 Å². The van der Waals surface area contributed by atoms with E-state index >= 15 is 0 Å². The molecule has 2 atom stereocenters. The van der Waals surface area contributed by atoms with E-state index in [1.807, 2.05) is 17.0 Å². The molecule has 1 aliphatic heterocycles. The van der Waals surface area contributed by atoms with Gasteiger partial charge in [-0.15, -0.1) is 0 Å². The maximum Gasteiger partial charge on any atom is 0.219 e. The molecule has 0 bridgehead atoms. The lowest BCUT2D eigenvalue weighted by molar-refractivity contribution is -0.130. The molecule has 0 unspecified atom stereocenters. The predicted molar refractivity (Wildman–Crippen MR) is 127 cm³/mol. The molecule has 174 valence electrons. The zero-order valence-corrected chi connectivity index (χ0v) is 19.6. The summed E-state index contributed by atoms with van der Waals surface area (Å²) in [6, 6.07) is 18.9. The van der Waals surface area contributed by atoms with E-state index in [4.69, 9.17) is 4.74 Å². The Kier molecular flexibility index (Phi) is 7.14. The van der Waals surface area contributed by atoms with Crippen LogP contribution in [0.1, 0.15) is 29.7 Å². The number of carbonyl (C=O) groups is 1. The minimum absolute atomic E-state index is 0.0358. The van der Waals surface area contributed by atoms with Crippen LogP contribution in [-0.4, -0.2) is 47.0 Å². The summed E-state index contributed by atoms with van der Waals surface area (Å²) in [7, 11) is 3.75. The summed E-state index contributed by atoms with van der Waals surface area (Å²) >= 11 is 0. The number of nitrogens with zero attached hydrogens (tertiary/aromatic N) is 3. The van der Waals surface area contributed by atoms with Crippen molar-refractivity contribution in [1.82, 2.24) is 14.4 Å². The van der Waals surface area contributed by atoms with Crippen LogP contribution in [0.3, 0.4) is 0 Å². The second-order valence-electron chi connectivity index (χ2n) is 8.97. The van der Waals surface area contributed by atoms with Gasteiger partial charge >= 0.3 is 0 Å². The quantitative estimate of drug-likeness (QED) is 0.510. The van der Waals surface area contributed by atoms with Crippen molar-refractivity contribution in [1.29, 1.82) is 0 Å². The van der Waals surface area contributed by atoms with Gasteiger partial charge in [0.2, 0.25) is 5.91 Å². The van der Waals surface area contributed by atoms with Crippen molar-refractivity contribution >= 4 is 5.91 Å². The van der Waals surface area contributed by atoms with Crippen molar-refractivity contribution in [3.05, 3.63) is 89.5 Å². The number of amides is 1. The average molecular weight is 450 g/mol. The van der Waals surface area contributed by atoms with E-state index in [1.54, 1.807) is 26.2 Å². The van der Waals surface area contributed by atoms with Gasteiger partial charge in [0.1, 0.15) is 11.6 Å². The third kappa shape index (κ3) is 5.63. The second-order valence-corrected chi connectivity index (χ2v) is 8.97. The van der Waals surface area contributed by atoms with Crippen molar-refractivity contribution in [2.45, 2.75) is 25.9 Å². The number of ether oxygens (including phenoxy) is 1. The van der Waals surface area contributed by atoms with Gasteiger partial charge in [-0.05, 0) is 53.4 Å². The summed E-state index contributed by atoms with van der Waals surface area (Å²) in [5.41, 5.74) is 3.48. The lowest BCUT2D eigenvalue weighted by Gasteiger charge is -2.28. The van der Waals surface area contributed by atoms with Crippen molar-refractivity contribution in [2.75, 3.05) is 26.7 Å². The highest BCUT2D eigenvalue weighted by Crippen LogP contribution is 2.35. The summed E-state index contributed by atoms with van der Waals surface area (Å²) in [5.74, 6) is 1.22. The minimum atomic E-state index is -0.264. The largest absolute Gasteiger partial charge is 0.497 e. The molecular formula is C27H32FN3O2. The molecule has 1 saturated heterocycles. The van der Waals surface area contributed by atoms with E-state index in [0.717, 1.165) is 30.9 Å². The number of carbonyl (C=O) groups excluding carboxylic acids is 1. The predicted octanol–water partition coefficient (Wildman–Crippen LogP) is 4.44. The van der Waals surface area contributed by atoms with Gasteiger partial charge in [-0.3, -0.25) is 9.69 Å². The van der Waals surface area contributed by atoms with Crippen LogP contribution in [0.15, 0.2) is 66.9 Å². The number of aryl methyl sites for hydroxylation is 1. The molecule has 2 heterocycles. The number of aromatic nitrogens is 1. The molecule has 1 aromatic heterocycles. The van der Waals surface area contributed by atoms with Gasteiger partial charge in [-0.1, -0.05) is 24.3 Å². The Morgan fingerprint density at radius 3 is 2.42 bits per heavy atom. The first-order chi connectivity index (χ1) is 15.9. The number of hydrogen-bond acceptors (Lipinski definition) is 3. The fraction of sp³-hybridized carbons (Fsp3) is 0.370. The monoisotopic (exact) mass is 449 g/mol. The number of methoxy groups -OCH3 is 1. The molecule has 4 rings (SSSR count). The molecule has 5 nitrogen and oxygen atoms in total. The van der Waals surface area contributed by atoms with Gasteiger partial charge < -0.3 is 14.2 Å². The third-order valence-electron chi connectivity index (χ3n) is 6.68. The van der Waals surface area contributed by atoms with Crippen LogP contribution in [0.5, 0.6) is 5.75 Å². The molecule has 1 amide bonds. The standard InChI is InChI=1S/C27H32FN3O2/c1-20(32)31(15-21-6-10-24(28)11-7-21)17-23-16-30(18-25-5-4-14-29(25)2)19-27(23)22-8-12-26(33-3)13-9-22/h4-14,23,27H,15-19H2,1-3H3/t23-,27-/m1/s1. The first kappa shape index (κ1) is 23.1. The normalized spacial score (nSPS) is 18.4. The molecule has 0 aliphatic carbocycles. The Morgan fingerprint density at radius 2 is 1.82 bits per heavy atom. The van der Waals surface area contributed by atoms with E-state index in [1.165, 1.54) is 23.4 Å². The summed E-state index contributed by atoms with van der Waals surface area (Å²) in [5, 5.41) is 0. The fourth-order valence-electron chi connectivity index (χ4n) is 4.79. The van der Waals surface area contributed by atoms with Crippen molar-refractivity contribution < 1.29 is 13.9 Å². The highest BCUT2D eigenvalue weighted by Gasteiger charge is 2.35. The zero-order valence-electron chi connectivity index (χ0n) is 19.6. The molecule has 1 aliphatic rings.